The summed E-state index contributed by atoms with van der Waals surface area (Å²) in [5.41, 5.74) is 1.92. The van der Waals surface area contributed by atoms with Gasteiger partial charge in [0.2, 0.25) is 0 Å². The predicted molar refractivity (Wildman–Crippen MR) is 145 cm³/mol. The Morgan fingerprint density at radius 3 is 2.54 bits per heavy atom. The molecule has 1 saturated carbocycles. The van der Waals surface area contributed by atoms with Crippen LogP contribution >= 0.6 is 0 Å². The number of pyridine rings is 1. The van der Waals surface area contributed by atoms with Gasteiger partial charge in [-0.05, 0) is 63.6 Å². The van der Waals surface area contributed by atoms with Crippen molar-refractivity contribution < 1.29 is 13.5 Å². The Balaban J connectivity index is 1.22. The number of benzene rings is 1. The number of halogens is 2. The van der Waals surface area contributed by atoms with Crippen LogP contribution < -0.4 is 15.0 Å². The Morgan fingerprint density at radius 2 is 1.79 bits per heavy atom. The standard InChI is InChI=1S/C30H34F2N6O/c31-24-13-22(24)20-5-1-2-6-21(20)26-25(32)27-23(14-33-26)28(37-15-18-7-8-19(16-37)34-18)36-29(35-27)39-17-30-9-3-11-38(30)12-4-10-30/h1-2,5-6,14,18-19,22,24,34H,3-4,7-13,15-17H2/t18-,19+,22-,24+/m0/s1. The molecule has 39 heavy (non-hydrogen) atoms. The molecule has 6 heterocycles. The number of aromatic nitrogens is 3. The first-order chi connectivity index (χ1) is 19.1. The Labute approximate surface area is 227 Å². The van der Waals surface area contributed by atoms with Gasteiger partial charge in [-0.25, -0.2) is 8.78 Å². The number of hydrogen-bond acceptors (Lipinski definition) is 7. The molecule has 8 rings (SSSR count). The molecule has 9 heteroatoms. The Hall–Kier alpha value is -2.91. The van der Waals surface area contributed by atoms with Crippen molar-refractivity contribution in [3.05, 3.63) is 41.8 Å². The Kier molecular flexibility index (Phi) is 5.56. The van der Waals surface area contributed by atoms with Gasteiger partial charge in [0.1, 0.15) is 29.8 Å². The highest BCUT2D eigenvalue weighted by Gasteiger charge is 2.45. The predicted octanol–water partition coefficient (Wildman–Crippen LogP) is 4.60. The minimum Gasteiger partial charge on any atom is -0.461 e. The average Bonchev–Trinajstić information content (AvgIpc) is 3.22. The van der Waals surface area contributed by atoms with Gasteiger partial charge in [0, 0.05) is 42.9 Å². The SMILES string of the molecule is Fc1c(-c2ccccc2[C@@H]2C[C@H]2F)ncc2c(N3C[C@H]4CC[C@@H](C3)N4)nc(OCC34CCCN3CCC4)nc12. The van der Waals surface area contributed by atoms with Crippen LogP contribution in [-0.2, 0) is 0 Å². The first-order valence-corrected chi connectivity index (χ1v) is 14.6. The van der Waals surface area contributed by atoms with Gasteiger partial charge in [-0.2, -0.15) is 9.97 Å². The van der Waals surface area contributed by atoms with Crippen LogP contribution in [0.3, 0.4) is 0 Å². The van der Waals surface area contributed by atoms with Crippen molar-refractivity contribution in [1.29, 1.82) is 0 Å². The van der Waals surface area contributed by atoms with E-state index in [1.807, 2.05) is 24.3 Å². The highest BCUT2D eigenvalue weighted by Crippen LogP contribution is 2.47. The lowest BCUT2D eigenvalue weighted by Crippen LogP contribution is -2.51. The maximum Gasteiger partial charge on any atom is 0.319 e. The molecule has 2 aromatic heterocycles. The summed E-state index contributed by atoms with van der Waals surface area (Å²) in [5, 5.41) is 4.26. The van der Waals surface area contributed by atoms with Crippen molar-refractivity contribution in [2.24, 2.45) is 0 Å². The van der Waals surface area contributed by atoms with E-state index in [0.29, 0.717) is 41.9 Å². The molecule has 3 aromatic rings. The maximum absolute atomic E-state index is 16.4. The van der Waals surface area contributed by atoms with Crippen molar-refractivity contribution >= 4 is 16.7 Å². The van der Waals surface area contributed by atoms with Crippen LogP contribution in [0.25, 0.3) is 22.2 Å². The Bertz CT molecular complexity index is 1410. The number of nitrogens with one attached hydrogen (secondary N) is 1. The zero-order valence-electron chi connectivity index (χ0n) is 22.1. The number of nitrogens with zero attached hydrogens (tertiary/aromatic N) is 5. The van der Waals surface area contributed by atoms with E-state index in [0.717, 1.165) is 57.4 Å². The summed E-state index contributed by atoms with van der Waals surface area (Å²) in [6, 6.07) is 8.48. The fourth-order valence-electron chi connectivity index (χ4n) is 7.67. The monoisotopic (exact) mass is 532 g/mol. The zero-order chi connectivity index (χ0) is 26.1. The molecule has 4 aliphatic heterocycles. The molecule has 7 nitrogen and oxygen atoms in total. The summed E-state index contributed by atoms with van der Waals surface area (Å²) in [5.74, 6) is -0.00344. The normalized spacial score (nSPS) is 29.2. The van der Waals surface area contributed by atoms with E-state index in [9.17, 15) is 4.39 Å². The quantitative estimate of drug-likeness (QED) is 0.498. The fraction of sp³-hybridized carbons (Fsp3) is 0.567. The van der Waals surface area contributed by atoms with Gasteiger partial charge in [0.15, 0.2) is 5.82 Å². The second kappa shape index (κ2) is 9.06. The molecule has 5 fully saturated rings. The van der Waals surface area contributed by atoms with E-state index >= 15 is 4.39 Å². The number of fused-ring (bicyclic) bond motifs is 4. The second-order valence-corrected chi connectivity index (χ2v) is 12.2. The summed E-state index contributed by atoms with van der Waals surface area (Å²) >= 11 is 0. The van der Waals surface area contributed by atoms with Crippen LogP contribution in [0.1, 0.15) is 56.4 Å². The minimum absolute atomic E-state index is 0.0424. The molecule has 204 valence electrons. The van der Waals surface area contributed by atoms with E-state index in [2.05, 4.69) is 25.1 Å². The van der Waals surface area contributed by atoms with Gasteiger partial charge in [0.25, 0.3) is 0 Å². The van der Waals surface area contributed by atoms with Crippen LogP contribution in [0.5, 0.6) is 6.01 Å². The van der Waals surface area contributed by atoms with E-state index in [-0.39, 0.29) is 28.7 Å². The molecule has 4 atom stereocenters. The van der Waals surface area contributed by atoms with E-state index in [4.69, 9.17) is 9.72 Å². The number of anilines is 1. The molecule has 2 bridgehead atoms. The molecule has 1 N–H and O–H groups in total. The second-order valence-electron chi connectivity index (χ2n) is 12.2. The molecule has 0 amide bonds. The number of hydrogen-bond donors (Lipinski definition) is 1. The molecule has 0 unspecified atom stereocenters. The topological polar surface area (TPSA) is 66.4 Å². The van der Waals surface area contributed by atoms with Crippen LogP contribution in [0.2, 0.25) is 0 Å². The first-order valence-electron chi connectivity index (χ1n) is 14.6. The smallest absolute Gasteiger partial charge is 0.319 e. The van der Waals surface area contributed by atoms with Gasteiger partial charge in [-0.15, -0.1) is 0 Å². The van der Waals surface area contributed by atoms with E-state index in [1.54, 1.807) is 6.20 Å². The van der Waals surface area contributed by atoms with Crippen molar-refractivity contribution in [3.8, 4) is 17.3 Å². The highest BCUT2D eigenvalue weighted by molar-refractivity contribution is 5.92. The molecular weight excluding hydrogens is 498 g/mol. The lowest BCUT2D eigenvalue weighted by atomic mass is 9.95. The van der Waals surface area contributed by atoms with Gasteiger partial charge >= 0.3 is 6.01 Å². The minimum atomic E-state index is -0.878. The zero-order valence-corrected chi connectivity index (χ0v) is 22.1. The third kappa shape index (κ3) is 3.99. The molecule has 1 aromatic carbocycles. The third-order valence-corrected chi connectivity index (χ3v) is 9.77. The van der Waals surface area contributed by atoms with Gasteiger partial charge in [-0.3, -0.25) is 9.88 Å². The van der Waals surface area contributed by atoms with Gasteiger partial charge in [0.05, 0.1) is 10.9 Å². The molecular formula is C30H34F2N6O. The van der Waals surface area contributed by atoms with Gasteiger partial charge < -0.3 is 15.0 Å². The average molecular weight is 533 g/mol. The molecule has 5 aliphatic rings. The summed E-state index contributed by atoms with van der Waals surface area (Å²) in [6.45, 7) is 4.37. The van der Waals surface area contributed by atoms with Crippen LogP contribution in [0.4, 0.5) is 14.6 Å². The van der Waals surface area contributed by atoms with Crippen LogP contribution in [0, 0.1) is 5.82 Å². The summed E-state index contributed by atoms with van der Waals surface area (Å²) in [7, 11) is 0. The summed E-state index contributed by atoms with van der Waals surface area (Å²) in [4.78, 5) is 18.9. The largest absolute Gasteiger partial charge is 0.461 e. The molecule has 4 saturated heterocycles. The third-order valence-electron chi connectivity index (χ3n) is 9.77. The van der Waals surface area contributed by atoms with Crippen molar-refractivity contribution in [2.75, 3.05) is 37.7 Å². The van der Waals surface area contributed by atoms with Gasteiger partial charge in [-0.1, -0.05) is 24.3 Å². The number of ether oxygens (including phenoxy) is 1. The number of rotatable bonds is 6. The van der Waals surface area contributed by atoms with Crippen molar-refractivity contribution in [3.63, 3.8) is 0 Å². The summed E-state index contributed by atoms with van der Waals surface area (Å²) < 4.78 is 36.8. The number of piperazine rings is 1. The van der Waals surface area contributed by atoms with Crippen molar-refractivity contribution in [1.82, 2.24) is 25.2 Å². The van der Waals surface area contributed by atoms with Crippen LogP contribution in [-0.4, -0.2) is 76.4 Å². The first kappa shape index (κ1) is 23.9. The lowest BCUT2D eigenvalue weighted by Gasteiger charge is -2.34. The lowest BCUT2D eigenvalue weighted by molar-refractivity contribution is 0.108. The molecule has 1 aliphatic carbocycles. The van der Waals surface area contributed by atoms with Crippen LogP contribution in [0.15, 0.2) is 30.5 Å². The van der Waals surface area contributed by atoms with Crippen molar-refractivity contribution in [2.45, 2.75) is 74.7 Å². The van der Waals surface area contributed by atoms with E-state index in [1.165, 1.54) is 12.8 Å². The Morgan fingerprint density at radius 1 is 1.05 bits per heavy atom. The van der Waals surface area contributed by atoms with E-state index < -0.39 is 12.0 Å². The number of alkyl halides is 1. The maximum atomic E-state index is 16.4. The molecule has 0 radical (unpaired) electrons. The highest BCUT2D eigenvalue weighted by atomic mass is 19.1. The molecule has 0 spiro atoms. The summed E-state index contributed by atoms with van der Waals surface area (Å²) in [6.07, 6.45) is 8.15. The fourth-order valence-corrected chi connectivity index (χ4v) is 7.67.